The van der Waals surface area contributed by atoms with Gasteiger partial charge in [0.05, 0.1) is 15.6 Å². The minimum atomic E-state index is -0.479. The number of benzene rings is 2. The summed E-state index contributed by atoms with van der Waals surface area (Å²) in [6.45, 7) is 0.631. The minimum absolute atomic E-state index is 0.0576. The second-order valence-corrected chi connectivity index (χ2v) is 7.13. The maximum atomic E-state index is 11.9. The molecule has 0 bridgehead atoms. The van der Waals surface area contributed by atoms with E-state index in [4.69, 9.17) is 23.2 Å². The van der Waals surface area contributed by atoms with E-state index < -0.39 is 4.92 Å². The molecule has 1 aromatic heterocycles. The molecule has 0 fully saturated rings. The Bertz CT molecular complexity index is 1060. The Labute approximate surface area is 171 Å². The van der Waals surface area contributed by atoms with Gasteiger partial charge in [-0.3, -0.25) is 10.1 Å². The van der Waals surface area contributed by atoms with Crippen LogP contribution in [0.5, 0.6) is 0 Å². The van der Waals surface area contributed by atoms with E-state index in [1.807, 2.05) is 29.2 Å². The number of aromatic nitrogens is 2. The molecule has 1 aliphatic rings. The van der Waals surface area contributed by atoms with E-state index in [2.05, 4.69) is 15.3 Å². The summed E-state index contributed by atoms with van der Waals surface area (Å²) >= 11 is 12.2. The molecule has 0 aliphatic carbocycles. The van der Waals surface area contributed by atoms with Crippen molar-refractivity contribution in [3.8, 4) is 0 Å². The molecule has 1 aliphatic heterocycles. The van der Waals surface area contributed by atoms with Crippen LogP contribution in [0.15, 0.2) is 48.8 Å². The fourth-order valence-corrected chi connectivity index (χ4v) is 3.64. The molecule has 0 atom stereocenters. The highest BCUT2D eigenvalue weighted by Gasteiger charge is 2.30. The van der Waals surface area contributed by atoms with Gasteiger partial charge in [-0.25, -0.2) is 9.97 Å². The zero-order valence-electron chi connectivity index (χ0n) is 14.6. The first-order chi connectivity index (χ1) is 13.5. The quantitative estimate of drug-likeness (QED) is 0.445. The van der Waals surface area contributed by atoms with Crippen molar-refractivity contribution in [1.82, 2.24) is 9.97 Å². The second kappa shape index (κ2) is 7.61. The lowest BCUT2D eigenvalue weighted by molar-refractivity contribution is -0.383. The standard InChI is InChI=1S/C19H15Cl2N5O2/c20-13-7-8-14(21)15(10-13)24-18-17(26(27)28)19(23-11-22-18)25-9-3-5-12-4-1-2-6-16(12)25/h1-2,4,6-8,10-11H,3,5,9H2,(H,22,23,24). The number of fused-ring (bicyclic) bond motifs is 1. The van der Waals surface area contributed by atoms with Crippen molar-refractivity contribution in [3.05, 3.63) is 74.5 Å². The molecular weight excluding hydrogens is 401 g/mol. The van der Waals surface area contributed by atoms with E-state index in [1.54, 1.807) is 18.2 Å². The van der Waals surface area contributed by atoms with Gasteiger partial charge in [-0.1, -0.05) is 41.4 Å². The molecule has 0 spiro atoms. The first-order valence-electron chi connectivity index (χ1n) is 8.61. The van der Waals surface area contributed by atoms with Gasteiger partial charge in [0.1, 0.15) is 6.33 Å². The van der Waals surface area contributed by atoms with E-state index >= 15 is 0 Å². The Morgan fingerprint density at radius 1 is 1.14 bits per heavy atom. The van der Waals surface area contributed by atoms with Gasteiger partial charge in [0.25, 0.3) is 0 Å². The summed E-state index contributed by atoms with van der Waals surface area (Å²) in [5.74, 6) is 0.301. The number of nitro groups is 1. The topological polar surface area (TPSA) is 84.2 Å². The van der Waals surface area contributed by atoms with E-state index in [-0.39, 0.29) is 17.3 Å². The van der Waals surface area contributed by atoms with Crippen molar-refractivity contribution in [2.75, 3.05) is 16.8 Å². The van der Waals surface area contributed by atoms with Gasteiger partial charge in [-0.05, 0) is 42.7 Å². The smallest absolute Gasteiger partial charge is 0.333 e. The van der Waals surface area contributed by atoms with Gasteiger partial charge in [-0.2, -0.15) is 0 Å². The SMILES string of the molecule is O=[N+]([O-])c1c(Nc2cc(Cl)ccc2Cl)ncnc1N1CCCc2ccccc21. The van der Waals surface area contributed by atoms with Crippen LogP contribution in [0.25, 0.3) is 0 Å². The van der Waals surface area contributed by atoms with Crippen molar-refractivity contribution in [2.45, 2.75) is 12.8 Å². The van der Waals surface area contributed by atoms with Crippen LogP contribution in [-0.2, 0) is 6.42 Å². The van der Waals surface area contributed by atoms with Crippen LogP contribution in [0.1, 0.15) is 12.0 Å². The van der Waals surface area contributed by atoms with Crippen LogP contribution in [0.4, 0.5) is 28.7 Å². The molecule has 0 unspecified atom stereocenters. The van der Waals surface area contributed by atoms with Crippen LogP contribution in [0.3, 0.4) is 0 Å². The molecule has 3 aromatic rings. The molecule has 7 nitrogen and oxygen atoms in total. The normalized spacial score (nSPS) is 13.1. The molecule has 0 saturated heterocycles. The van der Waals surface area contributed by atoms with Gasteiger partial charge in [-0.15, -0.1) is 0 Å². The second-order valence-electron chi connectivity index (χ2n) is 6.28. The molecule has 28 heavy (non-hydrogen) atoms. The minimum Gasteiger partial charge on any atom is -0.333 e. The highest BCUT2D eigenvalue weighted by atomic mass is 35.5. The first kappa shape index (κ1) is 18.5. The third-order valence-electron chi connectivity index (χ3n) is 4.53. The molecule has 1 N–H and O–H groups in total. The number of hydrogen-bond donors (Lipinski definition) is 1. The summed E-state index contributed by atoms with van der Waals surface area (Å²) in [4.78, 5) is 21.6. The molecule has 2 aromatic carbocycles. The first-order valence-corrected chi connectivity index (χ1v) is 9.37. The van der Waals surface area contributed by atoms with Crippen molar-refractivity contribution < 1.29 is 4.92 Å². The van der Waals surface area contributed by atoms with E-state index in [0.29, 0.717) is 22.3 Å². The Hall–Kier alpha value is -2.90. The van der Waals surface area contributed by atoms with E-state index in [9.17, 15) is 10.1 Å². The maximum absolute atomic E-state index is 11.9. The summed E-state index contributed by atoms with van der Waals surface area (Å²) in [7, 11) is 0. The highest BCUT2D eigenvalue weighted by molar-refractivity contribution is 6.35. The van der Waals surface area contributed by atoms with Crippen LogP contribution in [0.2, 0.25) is 10.0 Å². The molecule has 0 amide bonds. The summed E-state index contributed by atoms with van der Waals surface area (Å²) in [6, 6.07) is 12.7. The molecule has 9 heteroatoms. The van der Waals surface area contributed by atoms with Crippen molar-refractivity contribution in [3.63, 3.8) is 0 Å². The zero-order chi connectivity index (χ0) is 19.7. The lowest BCUT2D eigenvalue weighted by Gasteiger charge is -2.30. The fourth-order valence-electron chi connectivity index (χ4n) is 3.30. The molecule has 142 valence electrons. The average Bonchev–Trinajstić information content (AvgIpc) is 2.70. The highest BCUT2D eigenvalue weighted by Crippen LogP contribution is 2.40. The number of aryl methyl sites for hydroxylation is 1. The Kier molecular flexibility index (Phi) is 5.02. The number of para-hydroxylation sites is 1. The van der Waals surface area contributed by atoms with Gasteiger partial charge in [0.15, 0.2) is 0 Å². The molecule has 2 heterocycles. The Balaban J connectivity index is 1.81. The summed E-state index contributed by atoms with van der Waals surface area (Å²) in [5, 5.41) is 15.7. The van der Waals surface area contributed by atoms with Crippen LogP contribution >= 0.6 is 23.2 Å². The average molecular weight is 416 g/mol. The Morgan fingerprint density at radius 2 is 1.96 bits per heavy atom. The number of nitrogens with zero attached hydrogens (tertiary/aromatic N) is 4. The van der Waals surface area contributed by atoms with Crippen molar-refractivity contribution in [2.24, 2.45) is 0 Å². The predicted molar refractivity (Wildman–Crippen MR) is 110 cm³/mol. The summed E-state index contributed by atoms with van der Waals surface area (Å²) in [5.41, 5.74) is 2.27. The summed E-state index contributed by atoms with van der Waals surface area (Å²) < 4.78 is 0. The van der Waals surface area contributed by atoms with E-state index in [0.717, 1.165) is 24.1 Å². The number of nitrogens with one attached hydrogen (secondary N) is 1. The molecular formula is C19H15Cl2N5O2. The van der Waals surface area contributed by atoms with Crippen molar-refractivity contribution >= 4 is 51.9 Å². The number of anilines is 4. The summed E-state index contributed by atoms with van der Waals surface area (Å²) in [6.07, 6.45) is 3.11. The van der Waals surface area contributed by atoms with Gasteiger partial charge in [0.2, 0.25) is 11.6 Å². The third kappa shape index (κ3) is 3.46. The lowest BCUT2D eigenvalue weighted by atomic mass is 10.0. The molecule has 0 radical (unpaired) electrons. The number of hydrogen-bond acceptors (Lipinski definition) is 6. The molecule has 4 rings (SSSR count). The maximum Gasteiger partial charge on any atom is 0.354 e. The van der Waals surface area contributed by atoms with Gasteiger partial charge < -0.3 is 10.2 Å². The fraction of sp³-hybridized carbons (Fsp3) is 0.158. The van der Waals surface area contributed by atoms with Crippen LogP contribution in [0, 0.1) is 10.1 Å². The number of rotatable bonds is 4. The van der Waals surface area contributed by atoms with Crippen molar-refractivity contribution in [1.29, 1.82) is 0 Å². The zero-order valence-corrected chi connectivity index (χ0v) is 16.1. The lowest BCUT2D eigenvalue weighted by Crippen LogP contribution is -2.26. The van der Waals surface area contributed by atoms with Crippen LogP contribution in [-0.4, -0.2) is 21.4 Å². The largest absolute Gasteiger partial charge is 0.354 e. The Morgan fingerprint density at radius 3 is 2.79 bits per heavy atom. The number of halogens is 2. The molecule has 0 saturated carbocycles. The monoisotopic (exact) mass is 415 g/mol. The van der Waals surface area contributed by atoms with Gasteiger partial charge >= 0.3 is 5.69 Å². The van der Waals surface area contributed by atoms with Gasteiger partial charge in [0, 0.05) is 17.3 Å². The van der Waals surface area contributed by atoms with E-state index in [1.165, 1.54) is 6.33 Å². The third-order valence-corrected chi connectivity index (χ3v) is 5.10. The van der Waals surface area contributed by atoms with Crippen LogP contribution < -0.4 is 10.2 Å². The predicted octanol–water partition coefficient (Wildman–Crippen LogP) is 5.52.